The zero-order valence-electron chi connectivity index (χ0n) is 6.57. The Hall–Kier alpha value is -1.71. The average Bonchev–Trinajstić information content (AvgIpc) is 2.04. The molecule has 1 amide bonds. The number of aldehydes is 1. The SMILES string of the molecule is Cc1cncc(NC(=O)C=O)c1. The Balaban J connectivity index is 2.76. The van der Waals surface area contributed by atoms with Crippen LogP contribution in [0.25, 0.3) is 0 Å². The summed E-state index contributed by atoms with van der Waals surface area (Å²) in [4.78, 5) is 24.4. The van der Waals surface area contributed by atoms with Crippen LogP contribution in [0.4, 0.5) is 5.69 Å². The molecule has 0 atom stereocenters. The predicted octanol–water partition coefficient (Wildman–Crippen LogP) is 0.527. The van der Waals surface area contributed by atoms with Crippen LogP contribution in [0.15, 0.2) is 18.5 Å². The van der Waals surface area contributed by atoms with Crippen LogP contribution in [0.5, 0.6) is 0 Å². The summed E-state index contributed by atoms with van der Waals surface area (Å²) in [6.07, 6.45) is 3.37. The number of aromatic nitrogens is 1. The van der Waals surface area contributed by atoms with E-state index in [0.29, 0.717) is 5.69 Å². The first kappa shape index (κ1) is 8.39. The van der Waals surface area contributed by atoms with E-state index in [-0.39, 0.29) is 6.29 Å². The standard InChI is InChI=1S/C8H8N2O2/c1-6-2-7(4-9-3-6)10-8(12)5-11/h2-5H,1H3,(H,10,12). The second-order valence-corrected chi connectivity index (χ2v) is 2.36. The van der Waals surface area contributed by atoms with Gasteiger partial charge in [0.2, 0.25) is 6.29 Å². The first-order chi connectivity index (χ1) is 5.72. The van der Waals surface area contributed by atoms with Gasteiger partial charge in [-0.05, 0) is 18.6 Å². The molecule has 0 saturated carbocycles. The first-order valence-corrected chi connectivity index (χ1v) is 3.40. The molecule has 0 unspecified atom stereocenters. The number of anilines is 1. The number of nitrogens with zero attached hydrogens (tertiary/aromatic N) is 1. The van der Waals surface area contributed by atoms with E-state index in [4.69, 9.17) is 0 Å². The lowest BCUT2D eigenvalue weighted by atomic mass is 10.3. The molecule has 1 heterocycles. The number of aryl methyl sites for hydroxylation is 1. The molecular weight excluding hydrogens is 156 g/mol. The van der Waals surface area contributed by atoms with E-state index in [9.17, 15) is 9.59 Å². The van der Waals surface area contributed by atoms with Crippen molar-refractivity contribution in [1.82, 2.24) is 4.98 Å². The Kier molecular flexibility index (Phi) is 2.53. The third-order valence-corrected chi connectivity index (χ3v) is 1.25. The molecule has 62 valence electrons. The van der Waals surface area contributed by atoms with Crippen LogP contribution in [0.2, 0.25) is 0 Å². The van der Waals surface area contributed by atoms with Crippen molar-refractivity contribution in [2.24, 2.45) is 0 Å². The van der Waals surface area contributed by atoms with Crippen molar-refractivity contribution in [2.45, 2.75) is 6.92 Å². The van der Waals surface area contributed by atoms with Crippen LogP contribution in [0.3, 0.4) is 0 Å². The highest BCUT2D eigenvalue weighted by molar-refractivity contribution is 6.29. The lowest BCUT2D eigenvalue weighted by Gasteiger charge is -1.99. The maximum Gasteiger partial charge on any atom is 0.288 e. The van der Waals surface area contributed by atoms with Crippen molar-refractivity contribution in [3.63, 3.8) is 0 Å². The average molecular weight is 164 g/mol. The number of carbonyl (C=O) groups excluding carboxylic acids is 2. The van der Waals surface area contributed by atoms with Gasteiger partial charge in [-0.1, -0.05) is 0 Å². The number of pyridine rings is 1. The van der Waals surface area contributed by atoms with Gasteiger partial charge in [0.1, 0.15) is 0 Å². The van der Waals surface area contributed by atoms with Crippen molar-refractivity contribution >= 4 is 17.9 Å². The van der Waals surface area contributed by atoms with Crippen LogP contribution in [0, 0.1) is 6.92 Å². The fourth-order valence-electron chi connectivity index (χ4n) is 0.795. The Morgan fingerprint density at radius 2 is 2.33 bits per heavy atom. The third-order valence-electron chi connectivity index (χ3n) is 1.25. The van der Waals surface area contributed by atoms with Gasteiger partial charge in [-0.3, -0.25) is 14.6 Å². The van der Waals surface area contributed by atoms with E-state index >= 15 is 0 Å². The van der Waals surface area contributed by atoms with Crippen molar-refractivity contribution in [3.8, 4) is 0 Å². The fourth-order valence-corrected chi connectivity index (χ4v) is 0.795. The third kappa shape index (κ3) is 2.16. The monoisotopic (exact) mass is 164 g/mol. The molecule has 0 aromatic carbocycles. The van der Waals surface area contributed by atoms with Crippen LogP contribution >= 0.6 is 0 Å². The highest BCUT2D eigenvalue weighted by atomic mass is 16.2. The first-order valence-electron chi connectivity index (χ1n) is 3.40. The molecule has 4 heteroatoms. The molecule has 0 spiro atoms. The second-order valence-electron chi connectivity index (χ2n) is 2.36. The molecule has 0 aliphatic heterocycles. The van der Waals surface area contributed by atoms with E-state index in [1.165, 1.54) is 6.20 Å². The molecule has 0 radical (unpaired) electrons. The smallest absolute Gasteiger partial charge is 0.288 e. The summed E-state index contributed by atoms with van der Waals surface area (Å²) in [5.41, 5.74) is 1.46. The zero-order valence-corrected chi connectivity index (χ0v) is 6.57. The van der Waals surface area contributed by atoms with Gasteiger partial charge in [0.05, 0.1) is 11.9 Å². The minimum atomic E-state index is -0.664. The quantitative estimate of drug-likeness (QED) is 0.512. The molecule has 0 aliphatic rings. The summed E-state index contributed by atoms with van der Waals surface area (Å²) < 4.78 is 0. The molecule has 0 fully saturated rings. The molecule has 1 aromatic heterocycles. The molecule has 1 N–H and O–H groups in total. The largest absolute Gasteiger partial charge is 0.318 e. The molecule has 4 nitrogen and oxygen atoms in total. The molecular formula is C8H8N2O2. The molecule has 1 rings (SSSR count). The van der Waals surface area contributed by atoms with Gasteiger partial charge in [0, 0.05) is 6.20 Å². The van der Waals surface area contributed by atoms with Gasteiger partial charge in [-0.15, -0.1) is 0 Å². The highest BCUT2D eigenvalue weighted by Crippen LogP contribution is 2.05. The van der Waals surface area contributed by atoms with E-state index in [2.05, 4.69) is 10.3 Å². The van der Waals surface area contributed by atoms with Gasteiger partial charge in [-0.25, -0.2) is 0 Å². The van der Waals surface area contributed by atoms with Gasteiger partial charge < -0.3 is 5.32 Å². The molecule has 1 aromatic rings. The van der Waals surface area contributed by atoms with Crippen molar-refractivity contribution in [3.05, 3.63) is 24.0 Å². The highest BCUT2D eigenvalue weighted by Gasteiger charge is 1.98. The number of hydrogen-bond donors (Lipinski definition) is 1. The topological polar surface area (TPSA) is 59.1 Å². The van der Waals surface area contributed by atoms with Crippen LogP contribution in [-0.2, 0) is 9.59 Å². The number of rotatable bonds is 2. The van der Waals surface area contributed by atoms with Crippen molar-refractivity contribution in [2.75, 3.05) is 5.32 Å². The van der Waals surface area contributed by atoms with Crippen LogP contribution in [0.1, 0.15) is 5.56 Å². The predicted molar refractivity (Wildman–Crippen MR) is 43.7 cm³/mol. The number of nitrogens with one attached hydrogen (secondary N) is 1. The molecule has 0 aliphatic carbocycles. The van der Waals surface area contributed by atoms with E-state index < -0.39 is 5.91 Å². The Morgan fingerprint density at radius 3 is 2.92 bits per heavy atom. The fraction of sp³-hybridized carbons (Fsp3) is 0.125. The molecule has 0 bridgehead atoms. The number of hydrogen-bond acceptors (Lipinski definition) is 3. The Labute approximate surface area is 69.6 Å². The number of carbonyl (C=O) groups is 2. The van der Waals surface area contributed by atoms with E-state index in [1.54, 1.807) is 12.3 Å². The van der Waals surface area contributed by atoms with Gasteiger partial charge in [-0.2, -0.15) is 0 Å². The van der Waals surface area contributed by atoms with Gasteiger partial charge in [0.15, 0.2) is 0 Å². The summed E-state index contributed by atoms with van der Waals surface area (Å²) in [5, 5.41) is 2.36. The summed E-state index contributed by atoms with van der Waals surface area (Å²) in [5.74, 6) is -0.664. The van der Waals surface area contributed by atoms with Crippen molar-refractivity contribution in [1.29, 1.82) is 0 Å². The summed E-state index contributed by atoms with van der Waals surface area (Å²) >= 11 is 0. The van der Waals surface area contributed by atoms with E-state index in [1.807, 2.05) is 6.92 Å². The minimum Gasteiger partial charge on any atom is -0.318 e. The molecule has 12 heavy (non-hydrogen) atoms. The maximum absolute atomic E-state index is 10.6. The maximum atomic E-state index is 10.6. The lowest BCUT2D eigenvalue weighted by Crippen LogP contribution is -2.12. The normalized spacial score (nSPS) is 9.08. The van der Waals surface area contributed by atoms with Gasteiger partial charge >= 0.3 is 0 Å². The Morgan fingerprint density at radius 1 is 1.58 bits per heavy atom. The summed E-state index contributed by atoms with van der Waals surface area (Å²) in [6.45, 7) is 1.85. The summed E-state index contributed by atoms with van der Waals surface area (Å²) in [7, 11) is 0. The minimum absolute atomic E-state index is 0.225. The second kappa shape index (κ2) is 3.61. The number of amides is 1. The lowest BCUT2D eigenvalue weighted by molar-refractivity contribution is -0.127. The molecule has 0 saturated heterocycles. The van der Waals surface area contributed by atoms with E-state index in [0.717, 1.165) is 5.56 Å². The van der Waals surface area contributed by atoms with Crippen LogP contribution in [-0.4, -0.2) is 17.2 Å². The van der Waals surface area contributed by atoms with Crippen LogP contribution < -0.4 is 5.32 Å². The zero-order chi connectivity index (χ0) is 8.97. The van der Waals surface area contributed by atoms with Crippen molar-refractivity contribution < 1.29 is 9.59 Å². The Bertz CT molecular complexity index is 310. The summed E-state index contributed by atoms with van der Waals surface area (Å²) in [6, 6.07) is 1.73. The van der Waals surface area contributed by atoms with Gasteiger partial charge in [0.25, 0.3) is 5.91 Å².